The van der Waals surface area contributed by atoms with Crippen LogP contribution in [0.5, 0.6) is 0 Å². The van der Waals surface area contributed by atoms with Gasteiger partial charge in [-0.3, -0.25) is 4.98 Å². The topological polar surface area (TPSA) is 76.7 Å². The number of alkyl halides is 2. The predicted molar refractivity (Wildman–Crippen MR) is 88.8 cm³/mol. The van der Waals surface area contributed by atoms with Gasteiger partial charge in [-0.2, -0.15) is 4.98 Å². The highest BCUT2D eigenvalue weighted by Crippen LogP contribution is 2.45. The summed E-state index contributed by atoms with van der Waals surface area (Å²) in [5.41, 5.74) is 8.37. The Kier molecular flexibility index (Phi) is 4.34. The molecule has 1 aliphatic carbocycles. The van der Waals surface area contributed by atoms with Crippen molar-refractivity contribution in [1.82, 2.24) is 15.0 Å². The molecule has 0 aromatic carbocycles. The van der Waals surface area contributed by atoms with Gasteiger partial charge in [-0.25, -0.2) is 13.8 Å². The highest BCUT2D eigenvalue weighted by molar-refractivity contribution is 5.38. The van der Waals surface area contributed by atoms with Gasteiger partial charge in [0.25, 0.3) is 0 Å². The summed E-state index contributed by atoms with van der Waals surface area (Å²) in [6.45, 7) is 3.88. The summed E-state index contributed by atoms with van der Waals surface area (Å²) in [5.74, 6) is -2.20. The third kappa shape index (κ3) is 3.60. The van der Waals surface area contributed by atoms with Gasteiger partial charge in [0.15, 0.2) is 0 Å². The van der Waals surface area contributed by atoms with Crippen LogP contribution in [0.25, 0.3) is 0 Å². The molecule has 1 saturated carbocycles. The average molecular weight is 333 g/mol. The molecule has 128 valence electrons. The molecule has 2 aromatic rings. The standard InChI is InChI=1S/C17H21F2N5/c1-10-3-4-13(22-11(10)2)15(12-5-7-17(18,19)9-12)24-16-21-8-6-14(20)23-16/h3-4,6,8,12,15H,5,7,9H2,1-2H3,(H3,20,21,23,24). The van der Waals surface area contributed by atoms with E-state index in [0.29, 0.717) is 18.2 Å². The number of aromatic nitrogens is 3. The Morgan fingerprint density at radius 1 is 1.25 bits per heavy atom. The van der Waals surface area contributed by atoms with E-state index in [2.05, 4.69) is 20.3 Å². The molecule has 3 N–H and O–H groups in total. The molecule has 0 amide bonds. The molecule has 7 heteroatoms. The van der Waals surface area contributed by atoms with Crippen LogP contribution in [0.3, 0.4) is 0 Å². The maximum Gasteiger partial charge on any atom is 0.248 e. The van der Waals surface area contributed by atoms with Crippen molar-refractivity contribution in [2.75, 3.05) is 11.1 Å². The number of anilines is 2. The number of nitrogens with two attached hydrogens (primary N) is 1. The first kappa shape index (κ1) is 16.5. The number of aryl methyl sites for hydroxylation is 2. The van der Waals surface area contributed by atoms with Crippen molar-refractivity contribution in [2.24, 2.45) is 5.92 Å². The van der Waals surface area contributed by atoms with Gasteiger partial charge >= 0.3 is 0 Å². The molecule has 5 nitrogen and oxygen atoms in total. The SMILES string of the molecule is Cc1ccc(C(Nc2nccc(N)n2)C2CCC(F)(F)C2)nc1C. The predicted octanol–water partition coefficient (Wildman–Crippen LogP) is 3.66. The summed E-state index contributed by atoms with van der Waals surface area (Å²) in [6.07, 6.45) is 1.71. The Balaban J connectivity index is 1.92. The number of nitrogen functional groups attached to an aromatic ring is 1. The van der Waals surface area contributed by atoms with Gasteiger partial charge in [0.1, 0.15) is 5.82 Å². The van der Waals surface area contributed by atoms with Crippen molar-refractivity contribution in [3.63, 3.8) is 0 Å². The summed E-state index contributed by atoms with van der Waals surface area (Å²) in [5, 5.41) is 3.16. The minimum Gasteiger partial charge on any atom is -0.384 e. The third-order valence-electron chi connectivity index (χ3n) is 4.57. The lowest BCUT2D eigenvalue weighted by atomic mass is 9.94. The van der Waals surface area contributed by atoms with Crippen molar-refractivity contribution in [3.05, 3.63) is 41.3 Å². The van der Waals surface area contributed by atoms with E-state index in [9.17, 15) is 8.78 Å². The smallest absolute Gasteiger partial charge is 0.248 e. The fraction of sp³-hybridized carbons (Fsp3) is 0.471. The number of hydrogen-bond donors (Lipinski definition) is 2. The molecule has 0 aliphatic heterocycles. The lowest BCUT2D eigenvalue weighted by molar-refractivity contribution is 0.00416. The molecule has 1 aliphatic rings. The second kappa shape index (κ2) is 6.30. The summed E-state index contributed by atoms with van der Waals surface area (Å²) in [7, 11) is 0. The van der Waals surface area contributed by atoms with Crippen LogP contribution in [-0.4, -0.2) is 20.9 Å². The largest absolute Gasteiger partial charge is 0.384 e. The van der Waals surface area contributed by atoms with Gasteiger partial charge in [-0.05, 0) is 43.9 Å². The zero-order chi connectivity index (χ0) is 17.3. The fourth-order valence-corrected chi connectivity index (χ4v) is 3.11. The fourth-order valence-electron chi connectivity index (χ4n) is 3.11. The Labute approximate surface area is 139 Å². The molecular formula is C17H21F2N5. The van der Waals surface area contributed by atoms with Gasteiger partial charge in [-0.1, -0.05) is 6.07 Å². The number of nitrogens with one attached hydrogen (secondary N) is 1. The molecule has 2 atom stereocenters. The maximum atomic E-state index is 13.7. The van der Waals surface area contributed by atoms with Crippen molar-refractivity contribution in [1.29, 1.82) is 0 Å². The first-order valence-electron chi connectivity index (χ1n) is 8.01. The minimum atomic E-state index is -2.62. The molecular weight excluding hydrogens is 312 g/mol. The number of hydrogen-bond acceptors (Lipinski definition) is 5. The van der Waals surface area contributed by atoms with Crippen LogP contribution in [0.2, 0.25) is 0 Å². The van der Waals surface area contributed by atoms with E-state index in [1.807, 2.05) is 26.0 Å². The van der Waals surface area contributed by atoms with Crippen molar-refractivity contribution >= 4 is 11.8 Å². The molecule has 0 radical (unpaired) electrons. The average Bonchev–Trinajstić information content (AvgIpc) is 2.88. The lowest BCUT2D eigenvalue weighted by Crippen LogP contribution is -2.23. The Bertz CT molecular complexity index is 735. The quantitative estimate of drug-likeness (QED) is 0.893. The number of nitrogens with zero attached hydrogens (tertiary/aromatic N) is 3. The van der Waals surface area contributed by atoms with E-state index in [0.717, 1.165) is 17.0 Å². The second-order valence-electron chi connectivity index (χ2n) is 6.42. The molecule has 0 saturated heterocycles. The van der Waals surface area contributed by atoms with E-state index >= 15 is 0 Å². The molecule has 1 fully saturated rings. The summed E-state index contributed by atoms with van der Waals surface area (Å²) in [4.78, 5) is 12.9. The van der Waals surface area contributed by atoms with E-state index < -0.39 is 5.92 Å². The Hall–Kier alpha value is -2.31. The highest BCUT2D eigenvalue weighted by Gasteiger charge is 2.43. The molecule has 2 aromatic heterocycles. The van der Waals surface area contributed by atoms with Gasteiger partial charge in [0.2, 0.25) is 11.9 Å². The summed E-state index contributed by atoms with van der Waals surface area (Å²) in [6, 6.07) is 5.04. The number of halogens is 2. The zero-order valence-electron chi connectivity index (χ0n) is 13.8. The Morgan fingerprint density at radius 3 is 2.67 bits per heavy atom. The first-order chi connectivity index (χ1) is 11.3. The normalized spacial score (nSPS) is 20.8. The molecule has 0 bridgehead atoms. The monoisotopic (exact) mass is 333 g/mol. The van der Waals surface area contributed by atoms with Gasteiger partial charge in [0, 0.05) is 24.7 Å². The van der Waals surface area contributed by atoms with Crippen LogP contribution < -0.4 is 11.1 Å². The zero-order valence-corrected chi connectivity index (χ0v) is 13.8. The maximum absolute atomic E-state index is 13.7. The number of rotatable bonds is 4. The van der Waals surface area contributed by atoms with Gasteiger partial charge < -0.3 is 11.1 Å². The van der Waals surface area contributed by atoms with Crippen LogP contribution in [0.4, 0.5) is 20.5 Å². The van der Waals surface area contributed by atoms with Gasteiger partial charge in [-0.15, -0.1) is 0 Å². The molecule has 3 rings (SSSR count). The highest BCUT2D eigenvalue weighted by atomic mass is 19.3. The van der Waals surface area contributed by atoms with E-state index in [1.165, 1.54) is 0 Å². The van der Waals surface area contributed by atoms with Crippen molar-refractivity contribution in [2.45, 2.75) is 45.1 Å². The van der Waals surface area contributed by atoms with Crippen LogP contribution in [0.1, 0.15) is 42.3 Å². The van der Waals surface area contributed by atoms with E-state index in [-0.39, 0.29) is 24.8 Å². The van der Waals surface area contributed by atoms with Crippen molar-refractivity contribution < 1.29 is 8.78 Å². The molecule has 24 heavy (non-hydrogen) atoms. The molecule has 2 unspecified atom stereocenters. The summed E-state index contributed by atoms with van der Waals surface area (Å²) >= 11 is 0. The second-order valence-corrected chi connectivity index (χ2v) is 6.42. The van der Waals surface area contributed by atoms with Crippen molar-refractivity contribution in [3.8, 4) is 0 Å². The Morgan fingerprint density at radius 2 is 2.04 bits per heavy atom. The van der Waals surface area contributed by atoms with Crippen LogP contribution in [-0.2, 0) is 0 Å². The molecule has 0 spiro atoms. The lowest BCUT2D eigenvalue weighted by Gasteiger charge is -2.25. The van der Waals surface area contributed by atoms with Gasteiger partial charge in [0.05, 0.1) is 11.7 Å². The van der Waals surface area contributed by atoms with E-state index in [1.54, 1.807) is 12.3 Å². The van der Waals surface area contributed by atoms with Crippen LogP contribution in [0.15, 0.2) is 24.4 Å². The first-order valence-corrected chi connectivity index (χ1v) is 8.01. The number of pyridine rings is 1. The van der Waals surface area contributed by atoms with E-state index in [4.69, 9.17) is 5.73 Å². The van der Waals surface area contributed by atoms with Crippen LogP contribution >= 0.6 is 0 Å². The summed E-state index contributed by atoms with van der Waals surface area (Å²) < 4.78 is 27.4. The minimum absolute atomic E-state index is 0.0987. The van der Waals surface area contributed by atoms with Crippen LogP contribution in [0, 0.1) is 19.8 Å². The molecule has 2 heterocycles. The third-order valence-corrected chi connectivity index (χ3v) is 4.57.